The van der Waals surface area contributed by atoms with Gasteiger partial charge in [0, 0.05) is 16.9 Å². The van der Waals surface area contributed by atoms with E-state index in [-0.39, 0.29) is 6.42 Å². The molecule has 1 nitrogen and oxygen atoms in total. The van der Waals surface area contributed by atoms with Crippen LogP contribution in [0.5, 0.6) is 0 Å². The number of aryl methyl sites for hydroxylation is 1. The third kappa shape index (κ3) is 4.14. The molecule has 2 N–H and O–H groups in total. The summed E-state index contributed by atoms with van der Waals surface area (Å²) in [6.07, 6.45) is -5.07. The molecule has 0 amide bonds. The first kappa shape index (κ1) is 13.5. The van der Waals surface area contributed by atoms with Gasteiger partial charge in [0.05, 0.1) is 0 Å². The second kappa shape index (κ2) is 5.19. The standard InChI is InChI=1S/C11H13BrF3N/c1-7-2-3-8(6-9(7)12)10(16)4-5-11(13,14)15/h2-3,6,10H,4-5,16H2,1H3/t10-/m1/s1. The minimum absolute atomic E-state index is 0.0843. The number of benzene rings is 1. The predicted molar refractivity (Wildman–Crippen MR) is 61.1 cm³/mol. The number of hydrogen-bond acceptors (Lipinski definition) is 1. The van der Waals surface area contributed by atoms with Crippen LogP contribution in [0, 0.1) is 6.92 Å². The Kier molecular flexibility index (Phi) is 4.38. The molecule has 0 saturated carbocycles. The summed E-state index contributed by atoms with van der Waals surface area (Å²) in [5, 5.41) is 0. The summed E-state index contributed by atoms with van der Waals surface area (Å²) in [6, 6.07) is 4.81. The Morgan fingerprint density at radius 1 is 1.38 bits per heavy atom. The molecular weight excluding hydrogens is 283 g/mol. The van der Waals surface area contributed by atoms with Gasteiger partial charge in [-0.25, -0.2) is 0 Å². The van der Waals surface area contributed by atoms with Crippen LogP contribution in [0.3, 0.4) is 0 Å². The lowest BCUT2D eigenvalue weighted by Gasteiger charge is -2.14. The highest BCUT2D eigenvalue weighted by atomic mass is 79.9. The maximum atomic E-state index is 12.0. The molecule has 0 unspecified atom stereocenters. The SMILES string of the molecule is Cc1ccc([C@H](N)CCC(F)(F)F)cc1Br. The molecule has 1 rings (SSSR count). The lowest BCUT2D eigenvalue weighted by Crippen LogP contribution is -2.15. The fourth-order valence-electron chi connectivity index (χ4n) is 1.33. The van der Waals surface area contributed by atoms with E-state index in [0.29, 0.717) is 0 Å². The van der Waals surface area contributed by atoms with Crippen molar-refractivity contribution < 1.29 is 13.2 Å². The van der Waals surface area contributed by atoms with Crippen molar-refractivity contribution in [2.45, 2.75) is 32.0 Å². The number of rotatable bonds is 3. The molecule has 16 heavy (non-hydrogen) atoms. The van der Waals surface area contributed by atoms with Crippen molar-refractivity contribution in [3.63, 3.8) is 0 Å². The molecule has 90 valence electrons. The minimum Gasteiger partial charge on any atom is -0.324 e. The summed E-state index contributed by atoms with van der Waals surface area (Å²) in [5.41, 5.74) is 7.46. The first-order chi connectivity index (χ1) is 7.29. The van der Waals surface area contributed by atoms with Gasteiger partial charge >= 0.3 is 6.18 Å². The largest absolute Gasteiger partial charge is 0.389 e. The van der Waals surface area contributed by atoms with Gasteiger partial charge in [-0.15, -0.1) is 0 Å². The molecule has 0 heterocycles. The van der Waals surface area contributed by atoms with Gasteiger partial charge in [-0.1, -0.05) is 28.1 Å². The van der Waals surface area contributed by atoms with Gasteiger partial charge in [-0.05, 0) is 30.5 Å². The van der Waals surface area contributed by atoms with Crippen LogP contribution >= 0.6 is 15.9 Å². The topological polar surface area (TPSA) is 26.0 Å². The Hall–Kier alpha value is -0.550. The van der Waals surface area contributed by atoms with E-state index in [4.69, 9.17) is 5.73 Å². The molecule has 0 aliphatic carbocycles. The van der Waals surface area contributed by atoms with Crippen LogP contribution in [0.25, 0.3) is 0 Å². The van der Waals surface area contributed by atoms with Gasteiger partial charge < -0.3 is 5.73 Å². The van der Waals surface area contributed by atoms with Crippen molar-refractivity contribution in [2.24, 2.45) is 5.73 Å². The second-order valence-corrected chi connectivity index (χ2v) is 4.62. The third-order valence-electron chi connectivity index (χ3n) is 2.36. The highest BCUT2D eigenvalue weighted by molar-refractivity contribution is 9.10. The molecule has 0 aliphatic rings. The van der Waals surface area contributed by atoms with Crippen molar-refractivity contribution in [3.8, 4) is 0 Å². The highest BCUT2D eigenvalue weighted by Crippen LogP contribution is 2.28. The van der Waals surface area contributed by atoms with E-state index in [1.54, 1.807) is 12.1 Å². The summed E-state index contributed by atoms with van der Waals surface area (Å²) in [5.74, 6) is 0. The van der Waals surface area contributed by atoms with Gasteiger partial charge in [0.25, 0.3) is 0 Å². The molecule has 1 aromatic rings. The van der Waals surface area contributed by atoms with Gasteiger partial charge in [0.15, 0.2) is 0 Å². The second-order valence-electron chi connectivity index (χ2n) is 3.77. The molecule has 0 radical (unpaired) electrons. The van der Waals surface area contributed by atoms with Crippen molar-refractivity contribution in [1.29, 1.82) is 0 Å². The molecule has 0 fully saturated rings. The Bertz CT molecular complexity index is 363. The summed E-state index contributed by atoms with van der Waals surface area (Å²) in [7, 11) is 0. The zero-order valence-corrected chi connectivity index (χ0v) is 10.4. The average Bonchev–Trinajstić information content (AvgIpc) is 2.17. The van der Waals surface area contributed by atoms with Crippen LogP contribution in [0.4, 0.5) is 13.2 Å². The monoisotopic (exact) mass is 295 g/mol. The van der Waals surface area contributed by atoms with E-state index >= 15 is 0 Å². The van der Waals surface area contributed by atoms with Crippen molar-refractivity contribution in [1.82, 2.24) is 0 Å². The minimum atomic E-state index is -4.14. The summed E-state index contributed by atoms with van der Waals surface area (Å²) in [4.78, 5) is 0. The van der Waals surface area contributed by atoms with Crippen LogP contribution in [-0.2, 0) is 0 Å². The van der Waals surface area contributed by atoms with Crippen molar-refractivity contribution in [3.05, 3.63) is 33.8 Å². The van der Waals surface area contributed by atoms with E-state index in [1.807, 2.05) is 13.0 Å². The predicted octanol–water partition coefficient (Wildman–Crippen LogP) is 4.10. The number of alkyl halides is 3. The van der Waals surface area contributed by atoms with E-state index in [2.05, 4.69) is 15.9 Å². The Labute approximate surface area is 101 Å². The molecule has 0 saturated heterocycles. The summed E-state index contributed by atoms with van der Waals surface area (Å²) in [6.45, 7) is 1.91. The van der Waals surface area contributed by atoms with Crippen LogP contribution in [0.1, 0.15) is 30.0 Å². The first-order valence-corrected chi connectivity index (χ1v) is 5.67. The lowest BCUT2D eigenvalue weighted by atomic mass is 10.0. The smallest absolute Gasteiger partial charge is 0.324 e. The molecule has 0 aromatic heterocycles. The molecule has 1 aromatic carbocycles. The van der Waals surface area contributed by atoms with E-state index in [1.165, 1.54) is 0 Å². The number of hydrogen-bond donors (Lipinski definition) is 1. The first-order valence-electron chi connectivity index (χ1n) is 4.88. The van der Waals surface area contributed by atoms with E-state index in [9.17, 15) is 13.2 Å². The van der Waals surface area contributed by atoms with Crippen LogP contribution in [-0.4, -0.2) is 6.18 Å². The third-order valence-corrected chi connectivity index (χ3v) is 3.22. The van der Waals surface area contributed by atoms with Crippen molar-refractivity contribution in [2.75, 3.05) is 0 Å². The fraction of sp³-hybridized carbons (Fsp3) is 0.455. The zero-order valence-electron chi connectivity index (χ0n) is 8.81. The Morgan fingerprint density at radius 2 is 2.00 bits per heavy atom. The molecule has 1 atom stereocenters. The molecular formula is C11H13BrF3N. The van der Waals surface area contributed by atoms with Gasteiger partial charge in [-0.3, -0.25) is 0 Å². The zero-order chi connectivity index (χ0) is 12.3. The summed E-state index contributed by atoms with van der Waals surface area (Å²) < 4.78 is 36.9. The molecule has 5 heteroatoms. The Morgan fingerprint density at radius 3 is 2.50 bits per heavy atom. The van der Waals surface area contributed by atoms with Gasteiger partial charge in [0.1, 0.15) is 0 Å². The number of nitrogens with two attached hydrogens (primary N) is 1. The highest BCUT2D eigenvalue weighted by Gasteiger charge is 2.27. The quantitative estimate of drug-likeness (QED) is 0.893. The van der Waals surface area contributed by atoms with Gasteiger partial charge in [0.2, 0.25) is 0 Å². The lowest BCUT2D eigenvalue weighted by molar-refractivity contribution is -0.136. The average molecular weight is 296 g/mol. The van der Waals surface area contributed by atoms with E-state index < -0.39 is 18.6 Å². The normalized spacial score (nSPS) is 13.9. The van der Waals surface area contributed by atoms with Crippen LogP contribution < -0.4 is 5.73 Å². The molecule has 0 aliphatic heterocycles. The van der Waals surface area contributed by atoms with Crippen molar-refractivity contribution >= 4 is 15.9 Å². The molecule has 0 spiro atoms. The van der Waals surface area contributed by atoms with Crippen LogP contribution in [0.2, 0.25) is 0 Å². The van der Waals surface area contributed by atoms with Gasteiger partial charge in [-0.2, -0.15) is 13.2 Å². The number of halogens is 4. The van der Waals surface area contributed by atoms with Crippen LogP contribution in [0.15, 0.2) is 22.7 Å². The maximum Gasteiger partial charge on any atom is 0.389 e. The molecule has 0 bridgehead atoms. The Balaban J connectivity index is 2.66. The van der Waals surface area contributed by atoms with E-state index in [0.717, 1.165) is 15.6 Å². The summed E-state index contributed by atoms with van der Waals surface area (Å²) >= 11 is 3.33. The fourth-order valence-corrected chi connectivity index (χ4v) is 1.72. The maximum absolute atomic E-state index is 12.0.